The van der Waals surface area contributed by atoms with Crippen molar-refractivity contribution in [1.82, 2.24) is 5.32 Å². The van der Waals surface area contributed by atoms with Gasteiger partial charge >= 0.3 is 0 Å². The van der Waals surface area contributed by atoms with E-state index in [1.54, 1.807) is 11.3 Å². The van der Waals surface area contributed by atoms with E-state index in [1.807, 2.05) is 18.2 Å². The number of nitrogens with one attached hydrogen (secondary N) is 1. The lowest BCUT2D eigenvalue weighted by atomic mass is 10.2. The Morgan fingerprint density at radius 3 is 2.81 bits per heavy atom. The molecule has 0 radical (unpaired) electrons. The zero-order valence-corrected chi connectivity index (χ0v) is 11.7. The smallest absolute Gasteiger partial charge is 0.0409 e. The number of halogens is 2. The average molecular weight is 317 g/mol. The summed E-state index contributed by atoms with van der Waals surface area (Å²) in [6, 6.07) is 10.1. The molecule has 2 rings (SSSR count). The van der Waals surface area contributed by atoms with E-state index in [0.29, 0.717) is 0 Å². The van der Waals surface area contributed by atoms with Crippen LogP contribution in [0, 0.1) is 0 Å². The highest BCUT2D eigenvalue weighted by Gasteiger charge is 1.98. The molecule has 0 saturated heterocycles. The molecule has 1 aromatic heterocycles. The van der Waals surface area contributed by atoms with Crippen LogP contribution >= 0.6 is 38.9 Å². The summed E-state index contributed by atoms with van der Waals surface area (Å²) < 4.78 is 1.15. The van der Waals surface area contributed by atoms with E-state index < -0.39 is 0 Å². The van der Waals surface area contributed by atoms with Gasteiger partial charge in [-0.2, -0.15) is 0 Å². The van der Waals surface area contributed by atoms with Crippen molar-refractivity contribution in [3.8, 4) is 0 Å². The third kappa shape index (κ3) is 3.59. The Bertz CT molecular complexity index is 470. The van der Waals surface area contributed by atoms with E-state index in [2.05, 4.69) is 38.8 Å². The standard InChI is InChI=1S/C12H11BrClNS/c13-10-5-12(16-8-10)7-15-6-9-2-1-3-11(14)4-9/h1-5,8,15H,6-7H2. The zero-order chi connectivity index (χ0) is 11.4. The van der Waals surface area contributed by atoms with Gasteiger partial charge in [-0.15, -0.1) is 11.3 Å². The van der Waals surface area contributed by atoms with Crippen LogP contribution < -0.4 is 5.32 Å². The predicted octanol–water partition coefficient (Wildman–Crippen LogP) is 4.45. The van der Waals surface area contributed by atoms with Crippen LogP contribution in [-0.2, 0) is 13.1 Å². The van der Waals surface area contributed by atoms with Crippen molar-refractivity contribution in [3.05, 3.63) is 55.6 Å². The van der Waals surface area contributed by atoms with E-state index >= 15 is 0 Å². The van der Waals surface area contributed by atoms with Crippen LogP contribution in [0.25, 0.3) is 0 Å². The van der Waals surface area contributed by atoms with Crippen molar-refractivity contribution >= 4 is 38.9 Å². The lowest BCUT2D eigenvalue weighted by molar-refractivity contribution is 0.701. The third-order valence-corrected chi connectivity index (χ3v) is 4.07. The Labute approximate surface area is 113 Å². The molecule has 4 heteroatoms. The molecular formula is C12H11BrClNS. The Morgan fingerprint density at radius 1 is 1.25 bits per heavy atom. The maximum atomic E-state index is 5.91. The molecule has 0 spiro atoms. The fraction of sp³-hybridized carbons (Fsp3) is 0.167. The van der Waals surface area contributed by atoms with Gasteiger partial charge in [-0.05, 0) is 39.7 Å². The summed E-state index contributed by atoms with van der Waals surface area (Å²) in [5.74, 6) is 0. The quantitative estimate of drug-likeness (QED) is 0.878. The van der Waals surface area contributed by atoms with Crippen LogP contribution in [-0.4, -0.2) is 0 Å². The monoisotopic (exact) mass is 315 g/mol. The van der Waals surface area contributed by atoms with Gasteiger partial charge in [0.05, 0.1) is 0 Å². The second kappa shape index (κ2) is 5.82. The molecule has 0 fully saturated rings. The lowest BCUT2D eigenvalue weighted by Gasteiger charge is -2.03. The normalized spacial score (nSPS) is 10.6. The van der Waals surface area contributed by atoms with E-state index in [-0.39, 0.29) is 0 Å². The van der Waals surface area contributed by atoms with Crippen LogP contribution in [0.3, 0.4) is 0 Å². The van der Waals surface area contributed by atoms with E-state index in [1.165, 1.54) is 10.4 Å². The van der Waals surface area contributed by atoms with Gasteiger partial charge in [-0.1, -0.05) is 23.7 Å². The molecule has 84 valence electrons. The molecule has 0 bridgehead atoms. The molecule has 1 aromatic carbocycles. The third-order valence-electron chi connectivity index (χ3n) is 2.14. The van der Waals surface area contributed by atoms with Crippen molar-refractivity contribution in [2.45, 2.75) is 13.1 Å². The SMILES string of the molecule is Clc1cccc(CNCc2cc(Br)cs2)c1. The highest BCUT2D eigenvalue weighted by atomic mass is 79.9. The molecule has 0 atom stereocenters. The molecule has 0 aliphatic carbocycles. The summed E-state index contributed by atoms with van der Waals surface area (Å²) in [6.07, 6.45) is 0. The molecule has 1 nitrogen and oxygen atoms in total. The molecule has 2 aromatic rings. The minimum Gasteiger partial charge on any atom is -0.308 e. The van der Waals surface area contributed by atoms with Gasteiger partial charge in [0, 0.05) is 32.8 Å². The van der Waals surface area contributed by atoms with Crippen LogP contribution in [0.2, 0.25) is 5.02 Å². The van der Waals surface area contributed by atoms with Gasteiger partial charge in [0.25, 0.3) is 0 Å². The molecule has 1 N–H and O–H groups in total. The topological polar surface area (TPSA) is 12.0 Å². The summed E-state index contributed by atoms with van der Waals surface area (Å²) >= 11 is 11.1. The van der Waals surface area contributed by atoms with Crippen molar-refractivity contribution in [1.29, 1.82) is 0 Å². The molecular weight excluding hydrogens is 306 g/mol. The number of rotatable bonds is 4. The maximum Gasteiger partial charge on any atom is 0.0409 e. The maximum absolute atomic E-state index is 5.91. The Hall–Kier alpha value is -0.350. The summed E-state index contributed by atoms with van der Waals surface area (Å²) in [6.45, 7) is 1.73. The van der Waals surface area contributed by atoms with Gasteiger partial charge in [0.15, 0.2) is 0 Å². The highest BCUT2D eigenvalue weighted by molar-refractivity contribution is 9.10. The van der Waals surface area contributed by atoms with Gasteiger partial charge in [0.2, 0.25) is 0 Å². The minimum absolute atomic E-state index is 0.790. The Balaban J connectivity index is 1.84. The van der Waals surface area contributed by atoms with E-state index in [0.717, 1.165) is 22.6 Å². The van der Waals surface area contributed by atoms with Crippen molar-refractivity contribution in [3.63, 3.8) is 0 Å². The fourth-order valence-electron chi connectivity index (χ4n) is 1.42. The van der Waals surface area contributed by atoms with Gasteiger partial charge in [-0.3, -0.25) is 0 Å². The molecule has 0 unspecified atom stereocenters. The summed E-state index contributed by atoms with van der Waals surface area (Å²) in [5, 5.41) is 6.27. The van der Waals surface area contributed by atoms with Crippen molar-refractivity contribution in [2.24, 2.45) is 0 Å². The van der Waals surface area contributed by atoms with Crippen molar-refractivity contribution < 1.29 is 0 Å². The fourth-order valence-corrected chi connectivity index (χ4v) is 3.06. The molecule has 0 saturated carbocycles. The summed E-state index contributed by atoms with van der Waals surface area (Å²) in [7, 11) is 0. The number of thiophene rings is 1. The van der Waals surface area contributed by atoms with Gasteiger partial charge in [-0.25, -0.2) is 0 Å². The first-order valence-corrected chi connectivity index (χ1v) is 6.97. The number of hydrogen-bond acceptors (Lipinski definition) is 2. The first-order chi connectivity index (χ1) is 7.74. The Kier molecular flexibility index (Phi) is 4.41. The molecule has 0 amide bonds. The zero-order valence-electron chi connectivity index (χ0n) is 8.54. The lowest BCUT2D eigenvalue weighted by Crippen LogP contribution is -2.11. The molecule has 16 heavy (non-hydrogen) atoms. The average Bonchev–Trinajstić information content (AvgIpc) is 2.64. The molecule has 0 aliphatic rings. The Morgan fingerprint density at radius 2 is 2.12 bits per heavy atom. The molecule has 1 heterocycles. The number of hydrogen-bond donors (Lipinski definition) is 1. The summed E-state index contributed by atoms with van der Waals surface area (Å²) in [5.41, 5.74) is 1.21. The summed E-state index contributed by atoms with van der Waals surface area (Å²) in [4.78, 5) is 1.33. The molecule has 0 aliphatic heterocycles. The van der Waals surface area contributed by atoms with Crippen LogP contribution in [0.1, 0.15) is 10.4 Å². The minimum atomic E-state index is 0.790. The van der Waals surface area contributed by atoms with Crippen LogP contribution in [0.15, 0.2) is 40.2 Å². The van der Waals surface area contributed by atoms with E-state index in [9.17, 15) is 0 Å². The first kappa shape index (κ1) is 12.1. The van der Waals surface area contributed by atoms with E-state index in [4.69, 9.17) is 11.6 Å². The van der Waals surface area contributed by atoms with Crippen LogP contribution in [0.5, 0.6) is 0 Å². The van der Waals surface area contributed by atoms with Gasteiger partial charge in [0.1, 0.15) is 0 Å². The second-order valence-electron chi connectivity index (χ2n) is 3.46. The predicted molar refractivity (Wildman–Crippen MR) is 74.0 cm³/mol. The first-order valence-electron chi connectivity index (χ1n) is 4.92. The second-order valence-corrected chi connectivity index (χ2v) is 5.81. The van der Waals surface area contributed by atoms with Crippen LogP contribution in [0.4, 0.5) is 0 Å². The number of benzene rings is 1. The van der Waals surface area contributed by atoms with Crippen molar-refractivity contribution in [2.75, 3.05) is 0 Å². The van der Waals surface area contributed by atoms with Gasteiger partial charge < -0.3 is 5.32 Å². The largest absolute Gasteiger partial charge is 0.308 e. The highest BCUT2D eigenvalue weighted by Crippen LogP contribution is 2.19.